The Bertz CT molecular complexity index is 984. The molecule has 168 valence electrons. The minimum atomic E-state index is -1.13. The van der Waals surface area contributed by atoms with Crippen LogP contribution < -0.4 is 0 Å². The van der Waals surface area contributed by atoms with Crippen molar-refractivity contribution in [2.45, 2.75) is 59.2 Å². The summed E-state index contributed by atoms with van der Waals surface area (Å²) in [5.74, 6) is -0.170. The van der Waals surface area contributed by atoms with Crippen molar-refractivity contribution < 1.29 is 14.6 Å². The molecule has 31 heavy (non-hydrogen) atoms. The zero-order valence-electron chi connectivity index (χ0n) is 18.8. The molecule has 2 rings (SSSR count). The standard InChI is InChI=1S/C25H29Cl3O3/c1-7-15-9-10-16(22-20(27)12-17(26)13-21(22)28)11-19(15)18(8-2)23(30)25(5,6)31-24(3,4)14-29/h8-13,29H,7,14H2,1-6H3. The van der Waals surface area contributed by atoms with Gasteiger partial charge in [0.2, 0.25) is 0 Å². The van der Waals surface area contributed by atoms with Gasteiger partial charge in [0.1, 0.15) is 5.60 Å². The third kappa shape index (κ3) is 5.91. The lowest BCUT2D eigenvalue weighted by molar-refractivity contribution is -0.161. The average molecular weight is 484 g/mol. The van der Waals surface area contributed by atoms with Crippen LogP contribution in [-0.2, 0) is 16.0 Å². The molecular weight excluding hydrogens is 455 g/mol. The van der Waals surface area contributed by atoms with Crippen LogP contribution in [0.25, 0.3) is 16.7 Å². The molecule has 2 aromatic rings. The number of hydrogen-bond acceptors (Lipinski definition) is 3. The van der Waals surface area contributed by atoms with Gasteiger partial charge in [0.15, 0.2) is 5.78 Å². The van der Waals surface area contributed by atoms with Gasteiger partial charge in [-0.25, -0.2) is 0 Å². The van der Waals surface area contributed by atoms with Gasteiger partial charge in [0, 0.05) is 16.2 Å². The first-order valence-corrected chi connectivity index (χ1v) is 11.3. The Morgan fingerprint density at radius 2 is 1.65 bits per heavy atom. The number of carbonyl (C=O) groups is 1. The van der Waals surface area contributed by atoms with E-state index in [1.54, 1.807) is 45.9 Å². The van der Waals surface area contributed by atoms with Crippen LogP contribution >= 0.6 is 34.8 Å². The summed E-state index contributed by atoms with van der Waals surface area (Å²) in [6.45, 7) is 10.6. The molecule has 0 radical (unpaired) electrons. The lowest BCUT2D eigenvalue weighted by Crippen LogP contribution is -2.45. The summed E-state index contributed by atoms with van der Waals surface area (Å²) in [6.07, 6.45) is 2.54. The number of hydrogen-bond donors (Lipinski definition) is 1. The second-order valence-electron chi connectivity index (χ2n) is 8.53. The number of ether oxygens (including phenoxy) is 1. The highest BCUT2D eigenvalue weighted by Gasteiger charge is 2.37. The third-order valence-electron chi connectivity index (χ3n) is 5.07. The van der Waals surface area contributed by atoms with Gasteiger partial charge < -0.3 is 9.84 Å². The molecule has 0 aliphatic rings. The summed E-state index contributed by atoms with van der Waals surface area (Å²) in [7, 11) is 0. The normalized spacial score (nSPS) is 12.9. The minimum absolute atomic E-state index is 0.170. The molecule has 0 bridgehead atoms. The summed E-state index contributed by atoms with van der Waals surface area (Å²) in [4.78, 5) is 13.5. The van der Waals surface area contributed by atoms with Gasteiger partial charge in [0.05, 0.1) is 22.3 Å². The zero-order valence-corrected chi connectivity index (χ0v) is 21.0. The number of allylic oxidation sites excluding steroid dienone is 1. The maximum Gasteiger partial charge on any atom is 0.194 e. The fourth-order valence-corrected chi connectivity index (χ4v) is 4.65. The Hall–Kier alpha value is -1.36. The van der Waals surface area contributed by atoms with Crippen LogP contribution in [0.4, 0.5) is 0 Å². The number of aliphatic hydroxyl groups is 1. The highest BCUT2D eigenvalue weighted by molar-refractivity contribution is 6.41. The maximum atomic E-state index is 13.5. The van der Waals surface area contributed by atoms with E-state index in [0.717, 1.165) is 23.1 Å². The summed E-state index contributed by atoms with van der Waals surface area (Å²) in [6, 6.07) is 9.15. The zero-order chi connectivity index (χ0) is 23.6. The largest absolute Gasteiger partial charge is 0.393 e. The highest BCUT2D eigenvalue weighted by Crippen LogP contribution is 2.39. The Morgan fingerprint density at radius 3 is 2.13 bits per heavy atom. The molecule has 0 amide bonds. The van der Waals surface area contributed by atoms with Crippen molar-refractivity contribution >= 4 is 46.2 Å². The fourth-order valence-electron chi connectivity index (χ4n) is 3.61. The fraction of sp³-hybridized carbons (Fsp3) is 0.400. The van der Waals surface area contributed by atoms with Crippen LogP contribution in [0.2, 0.25) is 15.1 Å². The van der Waals surface area contributed by atoms with Crippen molar-refractivity contribution in [3.05, 3.63) is 62.6 Å². The predicted molar refractivity (Wildman–Crippen MR) is 131 cm³/mol. The van der Waals surface area contributed by atoms with E-state index in [2.05, 4.69) is 0 Å². The predicted octanol–water partition coefficient (Wildman–Crippen LogP) is 7.41. The summed E-state index contributed by atoms with van der Waals surface area (Å²) in [5.41, 5.74) is 1.83. The third-order valence-corrected chi connectivity index (χ3v) is 5.88. The molecule has 0 aliphatic carbocycles. The van der Waals surface area contributed by atoms with Gasteiger partial charge in [-0.3, -0.25) is 4.79 Å². The van der Waals surface area contributed by atoms with E-state index in [4.69, 9.17) is 39.5 Å². The van der Waals surface area contributed by atoms with E-state index in [0.29, 0.717) is 26.2 Å². The number of rotatable bonds is 8. The van der Waals surface area contributed by atoms with Crippen LogP contribution in [0.1, 0.15) is 52.7 Å². The molecule has 1 N–H and O–H groups in total. The van der Waals surface area contributed by atoms with Crippen LogP contribution in [0.3, 0.4) is 0 Å². The first kappa shape index (κ1) is 25.9. The first-order valence-electron chi connectivity index (χ1n) is 10.2. The Morgan fingerprint density at radius 1 is 1.06 bits per heavy atom. The molecule has 0 unspecified atom stereocenters. The summed E-state index contributed by atoms with van der Waals surface area (Å²) in [5, 5.41) is 10.9. The van der Waals surface area contributed by atoms with Crippen LogP contribution in [-0.4, -0.2) is 28.7 Å². The average Bonchev–Trinajstić information content (AvgIpc) is 2.67. The van der Waals surface area contributed by atoms with E-state index in [1.165, 1.54) is 0 Å². The van der Waals surface area contributed by atoms with E-state index >= 15 is 0 Å². The van der Waals surface area contributed by atoms with Gasteiger partial charge in [-0.1, -0.05) is 59.9 Å². The van der Waals surface area contributed by atoms with E-state index < -0.39 is 11.2 Å². The molecule has 3 nitrogen and oxygen atoms in total. The smallest absolute Gasteiger partial charge is 0.194 e. The highest BCUT2D eigenvalue weighted by atomic mass is 35.5. The summed E-state index contributed by atoms with van der Waals surface area (Å²) < 4.78 is 5.98. The van der Waals surface area contributed by atoms with Gasteiger partial charge in [-0.05, 0) is 75.9 Å². The van der Waals surface area contributed by atoms with Crippen LogP contribution in [0.5, 0.6) is 0 Å². The maximum absolute atomic E-state index is 13.5. The quantitative estimate of drug-likeness (QED) is 0.397. The number of benzene rings is 2. The lowest BCUT2D eigenvalue weighted by atomic mass is 9.86. The van der Waals surface area contributed by atoms with Gasteiger partial charge in [-0.15, -0.1) is 0 Å². The Kier molecular flexibility index (Phi) is 8.40. The van der Waals surface area contributed by atoms with E-state index in [-0.39, 0.29) is 12.4 Å². The lowest BCUT2D eigenvalue weighted by Gasteiger charge is -2.34. The van der Waals surface area contributed by atoms with Crippen LogP contribution in [0, 0.1) is 0 Å². The topological polar surface area (TPSA) is 46.5 Å². The van der Waals surface area contributed by atoms with E-state index in [9.17, 15) is 9.90 Å². The molecule has 0 saturated carbocycles. The van der Waals surface area contributed by atoms with Crippen LogP contribution in [0.15, 0.2) is 36.4 Å². The van der Waals surface area contributed by atoms with Crippen molar-refractivity contribution in [1.82, 2.24) is 0 Å². The second-order valence-corrected chi connectivity index (χ2v) is 9.78. The van der Waals surface area contributed by atoms with Gasteiger partial charge in [0.25, 0.3) is 0 Å². The number of halogens is 3. The molecule has 0 heterocycles. The summed E-state index contributed by atoms with van der Waals surface area (Å²) >= 11 is 18.9. The second kappa shape index (κ2) is 10.1. The Labute approximate surface area is 200 Å². The van der Waals surface area contributed by atoms with Gasteiger partial charge in [-0.2, -0.15) is 0 Å². The van der Waals surface area contributed by atoms with E-state index in [1.807, 2.05) is 32.0 Å². The van der Waals surface area contributed by atoms with Crippen molar-refractivity contribution in [1.29, 1.82) is 0 Å². The monoisotopic (exact) mass is 482 g/mol. The minimum Gasteiger partial charge on any atom is -0.393 e. The van der Waals surface area contributed by atoms with Gasteiger partial charge >= 0.3 is 0 Å². The number of Topliss-reactive ketones (excluding diaryl/α,β-unsaturated/α-hetero) is 1. The van der Waals surface area contributed by atoms with Crippen molar-refractivity contribution in [3.63, 3.8) is 0 Å². The molecule has 2 aromatic carbocycles. The molecule has 0 saturated heterocycles. The SMILES string of the molecule is CC=C(C(=O)C(C)(C)OC(C)(C)CO)c1cc(-c2c(Cl)cc(Cl)cc2Cl)ccc1CC. The Balaban J connectivity index is 2.60. The molecule has 0 aromatic heterocycles. The molecule has 6 heteroatoms. The molecular formula is C25H29Cl3O3. The molecule has 0 fully saturated rings. The molecule has 0 aliphatic heterocycles. The number of ketones is 1. The molecule has 0 atom stereocenters. The van der Waals surface area contributed by atoms with Crippen molar-refractivity contribution in [3.8, 4) is 11.1 Å². The van der Waals surface area contributed by atoms with Crippen molar-refractivity contribution in [2.24, 2.45) is 0 Å². The number of carbonyl (C=O) groups excluding carboxylic acids is 1. The first-order chi connectivity index (χ1) is 14.4. The number of aliphatic hydroxyl groups excluding tert-OH is 1. The van der Waals surface area contributed by atoms with Crippen molar-refractivity contribution in [2.75, 3.05) is 6.61 Å². The molecule has 0 spiro atoms. The number of aryl methyl sites for hydroxylation is 1.